The van der Waals surface area contributed by atoms with Gasteiger partial charge in [-0.3, -0.25) is 4.99 Å². The molecule has 0 saturated heterocycles. The number of nitrogens with one attached hydrogen (secondary N) is 2. The fraction of sp³-hybridized carbons (Fsp3) is 0.588. The van der Waals surface area contributed by atoms with E-state index in [2.05, 4.69) is 53.7 Å². The molecule has 6 nitrogen and oxygen atoms in total. The number of rotatable bonds is 9. The van der Waals surface area contributed by atoms with Gasteiger partial charge in [-0.05, 0) is 18.4 Å². The summed E-state index contributed by atoms with van der Waals surface area (Å²) in [5, 5.41) is 6.43. The number of hydrogen-bond donors (Lipinski definition) is 2. The standard InChI is InChI=1S/C17H29N3O3S/c1-14-5-7-16(8-6-14)15(2)13-20-17(18-3)19-9-10-23-11-12-24(4,21)22/h5-8,15H,9-13H2,1-4H3,(H2,18,19,20). The average molecular weight is 356 g/mol. The van der Waals surface area contributed by atoms with E-state index < -0.39 is 9.84 Å². The van der Waals surface area contributed by atoms with Crippen LogP contribution in [0.3, 0.4) is 0 Å². The number of hydrogen-bond acceptors (Lipinski definition) is 4. The predicted octanol–water partition coefficient (Wildman–Crippen LogP) is 1.32. The minimum atomic E-state index is -2.96. The predicted molar refractivity (Wildman–Crippen MR) is 99.5 cm³/mol. The number of guanidine groups is 1. The maximum Gasteiger partial charge on any atom is 0.191 e. The number of nitrogens with zero attached hydrogens (tertiary/aromatic N) is 1. The fourth-order valence-electron chi connectivity index (χ4n) is 2.04. The second kappa shape index (κ2) is 10.3. The molecule has 136 valence electrons. The Kier molecular flexibility index (Phi) is 8.78. The van der Waals surface area contributed by atoms with Gasteiger partial charge in [0.2, 0.25) is 0 Å². The number of benzene rings is 1. The van der Waals surface area contributed by atoms with Crippen LogP contribution in [0.25, 0.3) is 0 Å². The second-order valence-corrected chi connectivity index (χ2v) is 8.19. The molecule has 0 fully saturated rings. The third-order valence-electron chi connectivity index (χ3n) is 3.58. The topological polar surface area (TPSA) is 79.8 Å². The van der Waals surface area contributed by atoms with Gasteiger partial charge in [-0.2, -0.15) is 0 Å². The molecule has 1 atom stereocenters. The van der Waals surface area contributed by atoms with Gasteiger partial charge in [0.1, 0.15) is 9.84 Å². The SMILES string of the molecule is CN=C(NCCOCCS(C)(=O)=O)NCC(C)c1ccc(C)cc1. The van der Waals surface area contributed by atoms with Crippen LogP contribution >= 0.6 is 0 Å². The van der Waals surface area contributed by atoms with Crippen LogP contribution in [0.15, 0.2) is 29.3 Å². The van der Waals surface area contributed by atoms with Crippen molar-refractivity contribution in [2.75, 3.05) is 45.4 Å². The largest absolute Gasteiger partial charge is 0.379 e. The summed E-state index contributed by atoms with van der Waals surface area (Å²) in [6, 6.07) is 8.53. The Morgan fingerprint density at radius 1 is 1.21 bits per heavy atom. The van der Waals surface area contributed by atoms with Gasteiger partial charge >= 0.3 is 0 Å². The highest BCUT2D eigenvalue weighted by Crippen LogP contribution is 2.14. The monoisotopic (exact) mass is 355 g/mol. The van der Waals surface area contributed by atoms with Crippen molar-refractivity contribution in [3.63, 3.8) is 0 Å². The number of ether oxygens (including phenoxy) is 1. The highest BCUT2D eigenvalue weighted by atomic mass is 32.2. The quantitative estimate of drug-likeness (QED) is 0.397. The van der Waals surface area contributed by atoms with E-state index in [0.717, 1.165) is 6.54 Å². The van der Waals surface area contributed by atoms with Crippen molar-refractivity contribution in [2.45, 2.75) is 19.8 Å². The Morgan fingerprint density at radius 2 is 1.88 bits per heavy atom. The van der Waals surface area contributed by atoms with E-state index in [-0.39, 0.29) is 12.4 Å². The van der Waals surface area contributed by atoms with E-state index in [4.69, 9.17) is 4.74 Å². The highest BCUT2D eigenvalue weighted by Gasteiger charge is 2.06. The van der Waals surface area contributed by atoms with Crippen molar-refractivity contribution < 1.29 is 13.2 Å². The zero-order chi connectivity index (χ0) is 18.0. The van der Waals surface area contributed by atoms with Gasteiger partial charge in [-0.15, -0.1) is 0 Å². The van der Waals surface area contributed by atoms with Crippen molar-refractivity contribution in [1.29, 1.82) is 0 Å². The van der Waals surface area contributed by atoms with Crippen LogP contribution in [0.1, 0.15) is 24.0 Å². The van der Waals surface area contributed by atoms with Gasteiger partial charge < -0.3 is 15.4 Å². The molecular weight excluding hydrogens is 326 g/mol. The Labute approximate surface area is 145 Å². The van der Waals surface area contributed by atoms with Gasteiger partial charge in [0.15, 0.2) is 5.96 Å². The zero-order valence-electron chi connectivity index (χ0n) is 15.0. The van der Waals surface area contributed by atoms with Crippen molar-refractivity contribution in [2.24, 2.45) is 4.99 Å². The molecule has 0 amide bonds. The lowest BCUT2D eigenvalue weighted by Crippen LogP contribution is -2.40. The maximum absolute atomic E-state index is 11.0. The van der Waals surface area contributed by atoms with Gasteiger partial charge in [0.25, 0.3) is 0 Å². The summed E-state index contributed by atoms with van der Waals surface area (Å²) in [6.45, 7) is 6.25. The molecule has 1 unspecified atom stereocenters. The van der Waals surface area contributed by atoms with Crippen molar-refractivity contribution in [3.05, 3.63) is 35.4 Å². The van der Waals surface area contributed by atoms with Gasteiger partial charge in [0, 0.05) is 26.4 Å². The third kappa shape index (κ3) is 8.88. The van der Waals surface area contributed by atoms with E-state index in [1.807, 2.05) is 0 Å². The van der Waals surface area contributed by atoms with Crippen LogP contribution in [-0.2, 0) is 14.6 Å². The lowest BCUT2D eigenvalue weighted by molar-refractivity contribution is 0.154. The van der Waals surface area contributed by atoms with Crippen LogP contribution in [-0.4, -0.2) is 59.7 Å². The van der Waals surface area contributed by atoms with Crippen molar-refractivity contribution >= 4 is 15.8 Å². The molecule has 0 aliphatic carbocycles. The Hall–Kier alpha value is -1.60. The van der Waals surface area contributed by atoms with Crippen LogP contribution in [0.4, 0.5) is 0 Å². The summed E-state index contributed by atoms with van der Waals surface area (Å²) < 4.78 is 27.2. The number of aryl methyl sites for hydroxylation is 1. The van der Waals surface area contributed by atoms with Gasteiger partial charge in [-0.1, -0.05) is 36.8 Å². The summed E-state index contributed by atoms with van der Waals surface area (Å²) in [4.78, 5) is 4.17. The zero-order valence-corrected chi connectivity index (χ0v) is 15.8. The molecule has 2 N–H and O–H groups in total. The molecule has 0 saturated carbocycles. The molecule has 1 aromatic carbocycles. The van der Waals surface area contributed by atoms with Crippen LogP contribution in [0, 0.1) is 6.92 Å². The summed E-state index contributed by atoms with van der Waals surface area (Å²) in [5.74, 6) is 1.13. The molecule has 1 rings (SSSR count). The molecule has 24 heavy (non-hydrogen) atoms. The second-order valence-electron chi connectivity index (χ2n) is 5.93. The molecule has 0 aliphatic rings. The maximum atomic E-state index is 11.0. The third-order valence-corrected chi connectivity index (χ3v) is 4.49. The van der Waals surface area contributed by atoms with E-state index in [9.17, 15) is 8.42 Å². The Bertz CT molecular complexity index is 612. The van der Waals surface area contributed by atoms with E-state index in [0.29, 0.717) is 25.0 Å². The van der Waals surface area contributed by atoms with E-state index in [1.54, 1.807) is 7.05 Å². The summed E-state index contributed by atoms with van der Waals surface area (Å²) >= 11 is 0. The van der Waals surface area contributed by atoms with Gasteiger partial charge in [0.05, 0.1) is 19.0 Å². The van der Waals surface area contributed by atoms with E-state index in [1.165, 1.54) is 17.4 Å². The smallest absolute Gasteiger partial charge is 0.191 e. The molecular formula is C17H29N3O3S. The van der Waals surface area contributed by atoms with Crippen LogP contribution in [0.5, 0.6) is 0 Å². The van der Waals surface area contributed by atoms with Gasteiger partial charge in [-0.25, -0.2) is 8.42 Å². The van der Waals surface area contributed by atoms with Crippen LogP contribution < -0.4 is 10.6 Å². The van der Waals surface area contributed by atoms with Crippen molar-refractivity contribution in [1.82, 2.24) is 10.6 Å². The highest BCUT2D eigenvalue weighted by molar-refractivity contribution is 7.90. The average Bonchev–Trinajstić information content (AvgIpc) is 2.52. The number of aliphatic imine (C=N–C) groups is 1. The summed E-state index contributed by atoms with van der Waals surface area (Å²) in [7, 11) is -1.24. The van der Waals surface area contributed by atoms with Crippen LogP contribution in [0.2, 0.25) is 0 Å². The van der Waals surface area contributed by atoms with E-state index >= 15 is 0 Å². The Morgan fingerprint density at radius 3 is 2.46 bits per heavy atom. The minimum Gasteiger partial charge on any atom is -0.379 e. The first-order valence-electron chi connectivity index (χ1n) is 8.08. The molecule has 7 heteroatoms. The lowest BCUT2D eigenvalue weighted by atomic mass is 10.0. The fourth-order valence-corrected chi connectivity index (χ4v) is 2.46. The molecule has 1 aromatic rings. The molecule has 0 heterocycles. The first-order valence-corrected chi connectivity index (χ1v) is 10.1. The summed E-state index contributed by atoms with van der Waals surface area (Å²) in [6.07, 6.45) is 1.20. The first kappa shape index (κ1) is 20.4. The molecule has 0 aromatic heterocycles. The lowest BCUT2D eigenvalue weighted by Gasteiger charge is -2.16. The number of sulfone groups is 1. The summed E-state index contributed by atoms with van der Waals surface area (Å²) in [5.41, 5.74) is 2.54. The Balaban J connectivity index is 2.24. The minimum absolute atomic E-state index is 0.0496. The normalized spacial score (nSPS) is 13.6. The first-order chi connectivity index (χ1) is 11.3. The molecule has 0 spiro atoms. The molecule has 0 bridgehead atoms. The molecule has 0 radical (unpaired) electrons. The molecule has 0 aliphatic heterocycles. The van der Waals surface area contributed by atoms with Crippen molar-refractivity contribution in [3.8, 4) is 0 Å².